The highest BCUT2D eigenvalue weighted by Crippen LogP contribution is 2.05. The monoisotopic (exact) mass is 198 g/mol. The van der Waals surface area contributed by atoms with Gasteiger partial charge < -0.3 is 10.2 Å². The van der Waals surface area contributed by atoms with E-state index in [-0.39, 0.29) is 6.03 Å². The molecule has 0 spiro atoms. The molecule has 3 nitrogen and oxygen atoms in total. The first kappa shape index (κ1) is 13.0. The molecule has 2 amide bonds. The van der Waals surface area contributed by atoms with Gasteiger partial charge in [-0.2, -0.15) is 0 Å². The zero-order valence-corrected chi connectivity index (χ0v) is 9.92. The SMILES string of the molecule is CCN(CC)C(=O)N/C=C(\C)C(C)C. The summed E-state index contributed by atoms with van der Waals surface area (Å²) in [5.41, 5.74) is 1.19. The second-order valence-electron chi connectivity index (χ2n) is 3.66. The van der Waals surface area contributed by atoms with Gasteiger partial charge in [-0.05, 0) is 26.7 Å². The van der Waals surface area contributed by atoms with Crippen LogP contribution in [0.5, 0.6) is 0 Å². The third-order valence-corrected chi connectivity index (χ3v) is 2.38. The normalized spacial score (nSPS) is 11.7. The second-order valence-corrected chi connectivity index (χ2v) is 3.66. The van der Waals surface area contributed by atoms with Crippen molar-refractivity contribution < 1.29 is 4.79 Å². The highest BCUT2D eigenvalue weighted by Gasteiger charge is 2.06. The van der Waals surface area contributed by atoms with Gasteiger partial charge in [0.05, 0.1) is 0 Å². The number of rotatable bonds is 4. The molecule has 0 rings (SSSR count). The Hall–Kier alpha value is -0.990. The number of amides is 2. The van der Waals surface area contributed by atoms with Crippen LogP contribution >= 0.6 is 0 Å². The van der Waals surface area contributed by atoms with Crippen LogP contribution in [0.1, 0.15) is 34.6 Å². The smallest absolute Gasteiger partial charge is 0.321 e. The van der Waals surface area contributed by atoms with Crippen LogP contribution in [-0.4, -0.2) is 24.0 Å². The van der Waals surface area contributed by atoms with E-state index >= 15 is 0 Å². The molecular formula is C11H22N2O. The fraction of sp³-hybridized carbons (Fsp3) is 0.727. The molecule has 0 aliphatic heterocycles. The van der Waals surface area contributed by atoms with E-state index in [2.05, 4.69) is 19.2 Å². The molecule has 0 heterocycles. The van der Waals surface area contributed by atoms with Crippen molar-refractivity contribution in [3.05, 3.63) is 11.8 Å². The van der Waals surface area contributed by atoms with Crippen LogP contribution in [0.15, 0.2) is 11.8 Å². The third kappa shape index (κ3) is 4.30. The van der Waals surface area contributed by atoms with Gasteiger partial charge in [0.25, 0.3) is 0 Å². The molecule has 82 valence electrons. The van der Waals surface area contributed by atoms with Gasteiger partial charge >= 0.3 is 6.03 Å². The average Bonchev–Trinajstić information content (AvgIpc) is 2.15. The first-order valence-electron chi connectivity index (χ1n) is 5.25. The van der Waals surface area contributed by atoms with Gasteiger partial charge in [-0.3, -0.25) is 0 Å². The van der Waals surface area contributed by atoms with E-state index in [0.717, 1.165) is 13.1 Å². The molecule has 0 fully saturated rings. The van der Waals surface area contributed by atoms with Crippen molar-refractivity contribution in [1.82, 2.24) is 10.2 Å². The molecule has 0 aliphatic rings. The molecule has 0 aromatic rings. The Morgan fingerprint density at radius 2 is 1.86 bits per heavy atom. The van der Waals surface area contributed by atoms with Gasteiger partial charge in [-0.25, -0.2) is 4.79 Å². The number of nitrogens with one attached hydrogen (secondary N) is 1. The minimum absolute atomic E-state index is 0.0185. The first-order chi connectivity index (χ1) is 6.52. The highest BCUT2D eigenvalue weighted by atomic mass is 16.2. The van der Waals surface area contributed by atoms with Gasteiger partial charge in [0, 0.05) is 19.3 Å². The van der Waals surface area contributed by atoms with Gasteiger partial charge in [0.15, 0.2) is 0 Å². The van der Waals surface area contributed by atoms with Crippen LogP contribution in [0.2, 0.25) is 0 Å². The van der Waals surface area contributed by atoms with Gasteiger partial charge in [0.1, 0.15) is 0 Å². The van der Waals surface area contributed by atoms with Crippen molar-refractivity contribution in [2.45, 2.75) is 34.6 Å². The van der Waals surface area contributed by atoms with Gasteiger partial charge in [-0.1, -0.05) is 19.4 Å². The largest absolute Gasteiger partial charge is 0.325 e. The maximum atomic E-state index is 11.5. The number of hydrogen-bond donors (Lipinski definition) is 1. The Balaban J connectivity index is 4.13. The Labute approximate surface area is 87.2 Å². The number of carbonyl (C=O) groups is 1. The van der Waals surface area contributed by atoms with Crippen molar-refractivity contribution in [2.75, 3.05) is 13.1 Å². The molecule has 3 heteroatoms. The first-order valence-corrected chi connectivity index (χ1v) is 5.25. The maximum Gasteiger partial charge on any atom is 0.321 e. The van der Waals surface area contributed by atoms with E-state index in [1.54, 1.807) is 11.1 Å². The molecule has 14 heavy (non-hydrogen) atoms. The summed E-state index contributed by atoms with van der Waals surface area (Å²) in [6.07, 6.45) is 1.80. The van der Waals surface area contributed by atoms with E-state index in [4.69, 9.17) is 0 Å². The van der Waals surface area contributed by atoms with Crippen LogP contribution in [0, 0.1) is 5.92 Å². The van der Waals surface area contributed by atoms with E-state index in [9.17, 15) is 4.79 Å². The zero-order valence-electron chi connectivity index (χ0n) is 9.92. The minimum atomic E-state index is -0.0185. The molecule has 0 radical (unpaired) electrons. The number of urea groups is 1. The summed E-state index contributed by atoms with van der Waals surface area (Å²) < 4.78 is 0. The summed E-state index contributed by atoms with van der Waals surface area (Å²) in [4.78, 5) is 13.3. The summed E-state index contributed by atoms with van der Waals surface area (Å²) in [7, 11) is 0. The molecule has 1 N–H and O–H groups in total. The molecule has 0 saturated carbocycles. The van der Waals surface area contributed by atoms with Crippen LogP contribution in [0.3, 0.4) is 0 Å². The number of carbonyl (C=O) groups excluding carboxylic acids is 1. The summed E-state index contributed by atoms with van der Waals surface area (Å²) in [5.74, 6) is 0.479. The van der Waals surface area contributed by atoms with E-state index in [1.165, 1.54) is 5.57 Å². The number of allylic oxidation sites excluding steroid dienone is 1. The second kappa shape index (κ2) is 6.46. The Kier molecular flexibility index (Phi) is 6.00. The summed E-state index contributed by atoms with van der Waals surface area (Å²) in [6.45, 7) is 11.7. The van der Waals surface area contributed by atoms with Gasteiger partial charge in [0.2, 0.25) is 0 Å². The predicted molar refractivity (Wildman–Crippen MR) is 60.0 cm³/mol. The third-order valence-electron chi connectivity index (χ3n) is 2.38. The minimum Gasteiger partial charge on any atom is -0.325 e. The quantitative estimate of drug-likeness (QED) is 0.740. The van der Waals surface area contributed by atoms with Crippen LogP contribution in [-0.2, 0) is 0 Å². The van der Waals surface area contributed by atoms with Gasteiger partial charge in [-0.15, -0.1) is 0 Å². The van der Waals surface area contributed by atoms with Crippen molar-refractivity contribution in [3.8, 4) is 0 Å². The van der Waals surface area contributed by atoms with Crippen molar-refractivity contribution in [1.29, 1.82) is 0 Å². The Bertz CT molecular complexity index is 205. The highest BCUT2D eigenvalue weighted by molar-refractivity contribution is 5.75. The summed E-state index contributed by atoms with van der Waals surface area (Å²) >= 11 is 0. The fourth-order valence-corrected chi connectivity index (χ4v) is 0.944. The van der Waals surface area contributed by atoms with Crippen molar-refractivity contribution >= 4 is 6.03 Å². The Morgan fingerprint density at radius 1 is 1.36 bits per heavy atom. The van der Waals surface area contributed by atoms with Crippen LogP contribution in [0.25, 0.3) is 0 Å². The zero-order chi connectivity index (χ0) is 11.1. The Morgan fingerprint density at radius 3 is 2.21 bits per heavy atom. The molecule has 0 aliphatic carbocycles. The molecule has 0 aromatic heterocycles. The van der Waals surface area contributed by atoms with Crippen LogP contribution in [0.4, 0.5) is 4.79 Å². The van der Waals surface area contributed by atoms with E-state index in [1.807, 2.05) is 20.8 Å². The van der Waals surface area contributed by atoms with Crippen LogP contribution < -0.4 is 5.32 Å². The van der Waals surface area contributed by atoms with E-state index < -0.39 is 0 Å². The molecule has 0 aromatic carbocycles. The number of hydrogen-bond acceptors (Lipinski definition) is 1. The van der Waals surface area contributed by atoms with E-state index in [0.29, 0.717) is 5.92 Å². The topological polar surface area (TPSA) is 32.3 Å². The lowest BCUT2D eigenvalue weighted by Crippen LogP contribution is -2.37. The molecule has 0 unspecified atom stereocenters. The van der Waals surface area contributed by atoms with Crippen molar-refractivity contribution in [2.24, 2.45) is 5.92 Å². The lowest BCUT2D eigenvalue weighted by Gasteiger charge is -2.18. The molecule has 0 bridgehead atoms. The lowest BCUT2D eigenvalue weighted by molar-refractivity contribution is 0.207. The molecule has 0 atom stereocenters. The number of nitrogens with zero attached hydrogens (tertiary/aromatic N) is 1. The fourth-order valence-electron chi connectivity index (χ4n) is 0.944. The maximum absolute atomic E-state index is 11.5. The standard InChI is InChI=1S/C11H22N2O/c1-6-13(7-2)11(14)12-8-10(5)9(3)4/h8-9H,6-7H2,1-5H3,(H,12,14)/b10-8+. The molecular weight excluding hydrogens is 176 g/mol. The van der Waals surface area contributed by atoms with Crippen molar-refractivity contribution in [3.63, 3.8) is 0 Å². The predicted octanol–water partition coefficient (Wildman–Crippen LogP) is 2.60. The lowest BCUT2D eigenvalue weighted by atomic mass is 10.1. The summed E-state index contributed by atoms with van der Waals surface area (Å²) in [5, 5.41) is 2.79. The average molecular weight is 198 g/mol. The molecule has 0 saturated heterocycles. The summed E-state index contributed by atoms with van der Waals surface area (Å²) in [6, 6.07) is -0.0185.